The van der Waals surface area contributed by atoms with Gasteiger partial charge in [0.1, 0.15) is 5.69 Å². The molecule has 0 bridgehead atoms. The second kappa shape index (κ2) is 6.37. The van der Waals surface area contributed by atoms with E-state index >= 15 is 0 Å². The first-order valence-corrected chi connectivity index (χ1v) is 9.53. The molecule has 0 fully saturated rings. The Morgan fingerprint density at radius 2 is 1.61 bits per heavy atom. The second-order valence-electron chi connectivity index (χ2n) is 8.91. The average molecular weight is 443 g/mol. The molecule has 2 heterocycles. The maximum absolute atomic E-state index is 13.9. The molecule has 0 saturated heterocycles. The molecule has 1 aliphatic carbocycles. The van der Waals surface area contributed by atoms with Crippen molar-refractivity contribution in [3.63, 3.8) is 0 Å². The summed E-state index contributed by atoms with van der Waals surface area (Å²) >= 11 is 0. The molecule has 0 amide bonds. The van der Waals surface area contributed by atoms with Gasteiger partial charge in [0.2, 0.25) is 0 Å². The van der Waals surface area contributed by atoms with Crippen LogP contribution in [-0.2, 0) is 22.6 Å². The predicted octanol–water partition coefficient (Wildman–Crippen LogP) is 5.82. The number of ketones is 1. The van der Waals surface area contributed by atoms with Crippen LogP contribution in [0.3, 0.4) is 0 Å². The minimum atomic E-state index is -4.91. The highest BCUT2D eigenvalue weighted by molar-refractivity contribution is 6.03. The van der Waals surface area contributed by atoms with E-state index in [0.717, 1.165) is 12.1 Å². The van der Waals surface area contributed by atoms with Gasteiger partial charge in [-0.1, -0.05) is 32.0 Å². The largest absolute Gasteiger partial charge is 0.433 e. The van der Waals surface area contributed by atoms with E-state index in [1.807, 2.05) is 18.9 Å². The Balaban J connectivity index is 2.11. The topological polar surface area (TPSA) is 57.8 Å². The molecule has 31 heavy (non-hydrogen) atoms. The normalized spacial score (nSPS) is 23.3. The van der Waals surface area contributed by atoms with Gasteiger partial charge in [-0.3, -0.25) is 9.89 Å². The number of benzene rings is 1. The summed E-state index contributed by atoms with van der Waals surface area (Å²) in [4.78, 5) is 13.2. The molecule has 2 aromatic rings. The number of carbonyl (C=O) groups is 1. The molecule has 2 N–H and O–H groups in total. The van der Waals surface area contributed by atoms with Crippen molar-refractivity contribution in [1.29, 1.82) is 0 Å². The van der Waals surface area contributed by atoms with Crippen molar-refractivity contribution < 1.29 is 31.1 Å². The van der Waals surface area contributed by atoms with E-state index in [-0.39, 0.29) is 24.2 Å². The Kier molecular flexibility index (Phi) is 4.40. The van der Waals surface area contributed by atoms with Crippen molar-refractivity contribution in [3.8, 4) is 0 Å². The van der Waals surface area contributed by atoms with Gasteiger partial charge < -0.3 is 5.32 Å². The Morgan fingerprint density at radius 3 is 2.23 bits per heavy atom. The highest BCUT2D eigenvalue weighted by Crippen LogP contribution is 2.56. The number of hydrogen-bond acceptors (Lipinski definition) is 3. The summed E-state index contributed by atoms with van der Waals surface area (Å²) in [6.07, 6.45) is -9.45. The lowest BCUT2D eigenvalue weighted by Crippen LogP contribution is -2.43. The Hall–Kier alpha value is -2.78. The number of Topliss-reactive ketones (excluding diaryl/α,β-unsaturated/α-hetero) is 1. The molecule has 166 valence electrons. The van der Waals surface area contributed by atoms with E-state index in [2.05, 4.69) is 10.4 Å². The second-order valence-corrected chi connectivity index (χ2v) is 8.91. The summed E-state index contributed by atoms with van der Waals surface area (Å²) < 4.78 is 83.1. The van der Waals surface area contributed by atoms with Gasteiger partial charge in [0.15, 0.2) is 11.6 Å². The van der Waals surface area contributed by atoms with Crippen LogP contribution in [0.15, 0.2) is 35.5 Å². The van der Waals surface area contributed by atoms with Gasteiger partial charge in [-0.2, -0.15) is 31.4 Å². The summed E-state index contributed by atoms with van der Waals surface area (Å²) in [6, 6.07) is 4.43. The number of fused-ring (bicyclic) bond motifs is 1. The molecule has 1 atom stereocenters. The maximum Gasteiger partial charge on any atom is 0.433 e. The molecule has 0 radical (unpaired) electrons. The standard InChI is InChI=1S/C21H19F6N3O/c1-18(2)8-12-14(13(31)9-18)19(3,10-6-4-5-7-11(10)20(22,23)24)15-16(21(25,26)27)29-30-17(15)28-12/h4-7H,8-9H2,1-3H3,(H2,28,29,30). The molecule has 10 heteroatoms. The number of nitrogens with zero attached hydrogens (tertiary/aromatic N) is 1. The third-order valence-electron chi connectivity index (χ3n) is 5.97. The fourth-order valence-electron chi connectivity index (χ4n) is 4.84. The number of allylic oxidation sites excluding steroid dienone is 2. The number of rotatable bonds is 1. The van der Waals surface area contributed by atoms with E-state index in [1.165, 1.54) is 19.1 Å². The van der Waals surface area contributed by atoms with Crippen molar-refractivity contribution >= 4 is 11.6 Å². The first-order chi connectivity index (χ1) is 14.2. The van der Waals surface area contributed by atoms with Crippen molar-refractivity contribution in [1.82, 2.24) is 10.2 Å². The van der Waals surface area contributed by atoms with E-state index in [1.54, 1.807) is 0 Å². The third kappa shape index (κ3) is 3.23. The van der Waals surface area contributed by atoms with E-state index in [9.17, 15) is 31.1 Å². The lowest BCUT2D eigenvalue weighted by atomic mass is 9.61. The lowest BCUT2D eigenvalue weighted by Gasteiger charge is -2.44. The summed E-state index contributed by atoms with van der Waals surface area (Å²) in [5.74, 6) is -0.714. The first-order valence-electron chi connectivity index (χ1n) is 9.53. The van der Waals surface area contributed by atoms with E-state index in [4.69, 9.17) is 0 Å². The van der Waals surface area contributed by atoms with Crippen LogP contribution in [0, 0.1) is 5.41 Å². The maximum atomic E-state index is 13.9. The van der Waals surface area contributed by atoms with Crippen LogP contribution in [-0.4, -0.2) is 16.0 Å². The zero-order chi connectivity index (χ0) is 23.0. The fourth-order valence-corrected chi connectivity index (χ4v) is 4.84. The van der Waals surface area contributed by atoms with E-state index < -0.39 is 51.4 Å². The molecule has 1 aliphatic heterocycles. The SMILES string of the molecule is CC1(C)CC(=O)C2=C(C1)Nc1n[nH]c(C(F)(F)F)c1C2(C)c1ccccc1C(F)(F)F. The van der Waals surface area contributed by atoms with Crippen LogP contribution in [0.5, 0.6) is 0 Å². The number of carbonyl (C=O) groups excluding carboxylic acids is 1. The van der Waals surface area contributed by atoms with Crippen molar-refractivity contribution in [2.45, 2.75) is 51.4 Å². The monoisotopic (exact) mass is 443 g/mol. The Bertz CT molecular complexity index is 1110. The van der Waals surface area contributed by atoms with Gasteiger partial charge in [0.25, 0.3) is 0 Å². The van der Waals surface area contributed by atoms with Gasteiger partial charge in [-0.05, 0) is 30.4 Å². The van der Waals surface area contributed by atoms with Crippen molar-refractivity contribution in [2.24, 2.45) is 5.41 Å². The van der Waals surface area contributed by atoms with E-state index in [0.29, 0.717) is 5.70 Å². The number of hydrogen-bond donors (Lipinski definition) is 2. The van der Waals surface area contributed by atoms with Gasteiger partial charge >= 0.3 is 12.4 Å². The van der Waals surface area contributed by atoms with Gasteiger partial charge in [0, 0.05) is 23.3 Å². The molecular weight excluding hydrogens is 424 g/mol. The third-order valence-corrected chi connectivity index (χ3v) is 5.97. The number of anilines is 1. The molecule has 0 saturated carbocycles. The summed E-state index contributed by atoms with van der Waals surface area (Å²) in [5, 5.41) is 8.44. The summed E-state index contributed by atoms with van der Waals surface area (Å²) in [6.45, 7) is 4.88. The van der Waals surface area contributed by atoms with Gasteiger partial charge in [-0.25, -0.2) is 0 Å². The molecule has 1 unspecified atom stereocenters. The fraction of sp³-hybridized carbons (Fsp3) is 0.429. The van der Waals surface area contributed by atoms with Crippen LogP contribution in [0.1, 0.15) is 56.0 Å². The van der Waals surface area contributed by atoms with Gasteiger partial charge in [-0.15, -0.1) is 0 Å². The first kappa shape index (κ1) is 21.5. The molecule has 0 spiro atoms. The average Bonchev–Trinajstić information content (AvgIpc) is 3.04. The molecule has 1 aromatic carbocycles. The summed E-state index contributed by atoms with van der Waals surface area (Å²) in [7, 11) is 0. The summed E-state index contributed by atoms with van der Waals surface area (Å²) in [5.41, 5.74) is -5.60. The predicted molar refractivity (Wildman–Crippen MR) is 100 cm³/mol. The van der Waals surface area contributed by atoms with Crippen LogP contribution in [0.4, 0.5) is 32.2 Å². The molecular formula is C21H19F6N3O. The molecule has 2 aliphatic rings. The number of H-pyrrole nitrogens is 1. The molecule has 4 rings (SSSR count). The Labute approximate surface area is 173 Å². The van der Waals surface area contributed by atoms with Crippen LogP contribution in [0.2, 0.25) is 0 Å². The number of alkyl halides is 6. The highest BCUT2D eigenvalue weighted by atomic mass is 19.4. The zero-order valence-electron chi connectivity index (χ0n) is 16.8. The minimum absolute atomic E-state index is 0.00578. The number of aromatic nitrogens is 2. The minimum Gasteiger partial charge on any atom is -0.342 e. The number of halogens is 6. The van der Waals surface area contributed by atoms with Crippen LogP contribution in [0.25, 0.3) is 0 Å². The van der Waals surface area contributed by atoms with Crippen LogP contribution >= 0.6 is 0 Å². The number of aromatic amines is 1. The highest BCUT2D eigenvalue weighted by Gasteiger charge is 2.55. The van der Waals surface area contributed by atoms with Crippen LogP contribution < -0.4 is 5.32 Å². The lowest BCUT2D eigenvalue weighted by molar-refractivity contribution is -0.142. The Morgan fingerprint density at radius 1 is 0.968 bits per heavy atom. The molecule has 1 aromatic heterocycles. The number of nitrogens with one attached hydrogen (secondary N) is 2. The molecule has 4 nitrogen and oxygen atoms in total. The smallest absolute Gasteiger partial charge is 0.342 e. The quantitative estimate of drug-likeness (QED) is 0.546. The van der Waals surface area contributed by atoms with Crippen molar-refractivity contribution in [3.05, 3.63) is 57.9 Å². The van der Waals surface area contributed by atoms with Crippen molar-refractivity contribution in [2.75, 3.05) is 5.32 Å². The zero-order valence-corrected chi connectivity index (χ0v) is 16.8. The van der Waals surface area contributed by atoms with Gasteiger partial charge in [0.05, 0.1) is 11.0 Å².